The lowest BCUT2D eigenvalue weighted by Crippen LogP contribution is -2.12. The lowest BCUT2D eigenvalue weighted by atomic mass is 10.2. The summed E-state index contributed by atoms with van der Waals surface area (Å²) < 4.78 is 11.1. The van der Waals surface area contributed by atoms with E-state index in [9.17, 15) is 0 Å². The number of nitrogens with zero attached hydrogens (tertiary/aromatic N) is 3. The van der Waals surface area contributed by atoms with Crippen molar-refractivity contribution >= 4 is 23.0 Å². The molecule has 5 nitrogen and oxygen atoms in total. The molecule has 0 saturated carbocycles. The summed E-state index contributed by atoms with van der Waals surface area (Å²) in [6, 6.07) is 10.7. The van der Waals surface area contributed by atoms with Gasteiger partial charge in [0.25, 0.3) is 0 Å². The van der Waals surface area contributed by atoms with Gasteiger partial charge in [0.2, 0.25) is 0 Å². The predicted molar refractivity (Wildman–Crippen MR) is 151 cm³/mol. The number of aryl methyl sites for hydroxylation is 1. The Morgan fingerprint density at radius 3 is 2.26 bits per heavy atom. The highest BCUT2D eigenvalue weighted by Crippen LogP contribution is 2.19. The molecule has 0 bridgehead atoms. The van der Waals surface area contributed by atoms with Crippen LogP contribution in [-0.4, -0.2) is 34.3 Å². The van der Waals surface area contributed by atoms with Crippen molar-refractivity contribution in [2.24, 2.45) is 5.92 Å². The molecule has 0 aliphatic rings. The molecular weight excluding hydrogens is 440 g/mol. The van der Waals surface area contributed by atoms with Crippen LogP contribution in [0.1, 0.15) is 79.6 Å². The number of imidazole rings is 1. The molecule has 0 radical (unpaired) electrons. The summed E-state index contributed by atoms with van der Waals surface area (Å²) in [6.07, 6.45) is 5.95. The molecule has 1 aromatic carbocycles. The van der Waals surface area contributed by atoms with E-state index in [1.54, 1.807) is 11.9 Å². The number of ether oxygens (including phenoxy) is 1. The topological polar surface area (TPSA) is 52.0 Å². The van der Waals surface area contributed by atoms with E-state index in [4.69, 9.17) is 4.74 Å². The molecule has 192 valence electrons. The van der Waals surface area contributed by atoms with Crippen LogP contribution in [0.4, 0.5) is 0 Å². The van der Waals surface area contributed by atoms with Gasteiger partial charge >= 0.3 is 0 Å². The Morgan fingerprint density at radius 1 is 1.00 bits per heavy atom. The van der Waals surface area contributed by atoms with Gasteiger partial charge in [-0.3, -0.25) is 9.71 Å². The van der Waals surface area contributed by atoms with Gasteiger partial charge in [-0.1, -0.05) is 73.9 Å². The molecule has 0 spiro atoms. The molecule has 3 aromatic rings. The molecule has 2 heterocycles. The van der Waals surface area contributed by atoms with Crippen LogP contribution in [0.3, 0.4) is 0 Å². The Kier molecular flexibility index (Phi) is 19.3. The summed E-state index contributed by atoms with van der Waals surface area (Å²) in [5.41, 5.74) is 3.33. The average molecular weight is 489 g/mol. The summed E-state index contributed by atoms with van der Waals surface area (Å²) in [7, 11) is 0. The summed E-state index contributed by atoms with van der Waals surface area (Å²) >= 11 is 1.65. The molecule has 0 unspecified atom stereocenters. The standard InChI is InChI=1S/C20H26N4OS.C4H10.2C2H6/c1-3-4-12-25-13-11-22-26-18-7-5-17(6-8-18)15-24-16(2)23-19-14-21-10-9-20(19)24;1-4(2)3;2*1-2/h5-10,14,22H,3-4,11-13,15H2,1-2H3;4H,1-3H3;2*1-2H3. The summed E-state index contributed by atoms with van der Waals surface area (Å²) in [6.45, 7) is 22.0. The fourth-order valence-corrected chi connectivity index (χ4v) is 3.37. The van der Waals surface area contributed by atoms with Gasteiger partial charge in [0, 0.05) is 30.8 Å². The third kappa shape index (κ3) is 13.1. The van der Waals surface area contributed by atoms with Crippen LogP contribution in [-0.2, 0) is 11.3 Å². The minimum Gasteiger partial charge on any atom is -0.380 e. The van der Waals surface area contributed by atoms with Crippen molar-refractivity contribution in [1.82, 2.24) is 19.3 Å². The average Bonchev–Trinajstić information content (AvgIpc) is 3.16. The van der Waals surface area contributed by atoms with Gasteiger partial charge in [0.1, 0.15) is 11.3 Å². The fourth-order valence-electron chi connectivity index (χ4n) is 2.74. The Morgan fingerprint density at radius 2 is 1.65 bits per heavy atom. The van der Waals surface area contributed by atoms with E-state index in [0.717, 1.165) is 55.5 Å². The van der Waals surface area contributed by atoms with Gasteiger partial charge in [-0.05, 0) is 55.0 Å². The highest BCUT2D eigenvalue weighted by molar-refractivity contribution is 7.97. The van der Waals surface area contributed by atoms with E-state index < -0.39 is 0 Å². The number of hydrogen-bond acceptors (Lipinski definition) is 5. The fraction of sp³-hybridized carbons (Fsp3) is 0.571. The van der Waals surface area contributed by atoms with Crippen LogP contribution < -0.4 is 4.72 Å². The Hall–Kier alpha value is -1.89. The van der Waals surface area contributed by atoms with Gasteiger partial charge in [0.05, 0.1) is 18.3 Å². The smallest absolute Gasteiger partial charge is 0.107 e. The Balaban J connectivity index is 0.00000121. The Labute approximate surface area is 213 Å². The first-order valence-corrected chi connectivity index (χ1v) is 13.7. The van der Waals surface area contributed by atoms with Crippen LogP contribution in [0.25, 0.3) is 11.0 Å². The number of rotatable bonds is 10. The molecule has 0 fully saturated rings. The molecule has 1 N–H and O–H groups in total. The van der Waals surface area contributed by atoms with Crippen LogP contribution in [0, 0.1) is 12.8 Å². The van der Waals surface area contributed by atoms with Crippen molar-refractivity contribution in [3.63, 3.8) is 0 Å². The zero-order chi connectivity index (χ0) is 25.8. The lowest BCUT2D eigenvalue weighted by Gasteiger charge is -2.09. The van der Waals surface area contributed by atoms with Crippen molar-refractivity contribution in [3.8, 4) is 0 Å². The highest BCUT2D eigenvalue weighted by Gasteiger charge is 2.07. The van der Waals surface area contributed by atoms with Gasteiger partial charge in [-0.15, -0.1) is 0 Å². The summed E-state index contributed by atoms with van der Waals surface area (Å²) in [5, 5.41) is 0. The van der Waals surface area contributed by atoms with Gasteiger partial charge < -0.3 is 9.30 Å². The molecule has 34 heavy (non-hydrogen) atoms. The van der Waals surface area contributed by atoms with E-state index >= 15 is 0 Å². The first-order chi connectivity index (χ1) is 16.5. The van der Waals surface area contributed by atoms with Crippen LogP contribution in [0.2, 0.25) is 0 Å². The molecule has 3 rings (SSSR count). The van der Waals surface area contributed by atoms with Gasteiger partial charge in [0.15, 0.2) is 0 Å². The van der Waals surface area contributed by atoms with Gasteiger partial charge in [-0.2, -0.15) is 0 Å². The van der Waals surface area contributed by atoms with Gasteiger partial charge in [-0.25, -0.2) is 4.98 Å². The third-order valence-corrected chi connectivity index (χ3v) is 5.04. The largest absolute Gasteiger partial charge is 0.380 e. The van der Waals surface area contributed by atoms with Crippen LogP contribution in [0.5, 0.6) is 0 Å². The number of aromatic nitrogens is 3. The van der Waals surface area contributed by atoms with Crippen molar-refractivity contribution in [1.29, 1.82) is 0 Å². The van der Waals surface area contributed by atoms with Crippen molar-refractivity contribution in [2.45, 2.75) is 86.6 Å². The minimum atomic E-state index is 0.757. The molecule has 6 heteroatoms. The number of fused-ring (bicyclic) bond motifs is 1. The maximum absolute atomic E-state index is 5.55. The van der Waals surface area contributed by atoms with E-state index in [1.165, 1.54) is 16.9 Å². The summed E-state index contributed by atoms with van der Waals surface area (Å²) in [5.74, 6) is 1.84. The SMILES string of the molecule is CC.CC.CC(C)C.CCCCOCCNSc1ccc(Cn2c(C)nc3cnccc32)cc1. The van der Waals surface area contributed by atoms with Crippen molar-refractivity contribution in [2.75, 3.05) is 19.8 Å². The monoisotopic (exact) mass is 488 g/mol. The number of pyridine rings is 1. The zero-order valence-electron chi connectivity index (χ0n) is 23.0. The molecule has 0 aliphatic carbocycles. The Bertz CT molecular complexity index is 860. The maximum atomic E-state index is 5.55. The predicted octanol–water partition coefficient (Wildman–Crippen LogP) is 7.92. The second-order valence-electron chi connectivity index (χ2n) is 7.95. The first-order valence-electron chi connectivity index (χ1n) is 12.8. The second-order valence-corrected chi connectivity index (χ2v) is 8.91. The van der Waals surface area contributed by atoms with E-state index in [2.05, 4.69) is 71.2 Å². The molecule has 0 amide bonds. The molecule has 0 saturated heterocycles. The lowest BCUT2D eigenvalue weighted by molar-refractivity contribution is 0.137. The van der Waals surface area contributed by atoms with E-state index in [1.807, 2.05) is 53.1 Å². The highest BCUT2D eigenvalue weighted by atomic mass is 32.2. The van der Waals surface area contributed by atoms with Crippen molar-refractivity contribution in [3.05, 3.63) is 54.1 Å². The van der Waals surface area contributed by atoms with Crippen molar-refractivity contribution < 1.29 is 4.74 Å². The zero-order valence-corrected chi connectivity index (χ0v) is 23.8. The van der Waals surface area contributed by atoms with Crippen LogP contribution in [0.15, 0.2) is 47.6 Å². The third-order valence-electron chi connectivity index (χ3n) is 4.19. The molecular formula is C28H48N4OS. The number of hydrogen-bond donors (Lipinski definition) is 1. The number of nitrogens with one attached hydrogen (secondary N) is 1. The van der Waals surface area contributed by atoms with Crippen LogP contribution >= 0.6 is 11.9 Å². The maximum Gasteiger partial charge on any atom is 0.107 e. The molecule has 0 aliphatic heterocycles. The number of unbranched alkanes of at least 4 members (excludes halogenated alkanes) is 1. The van der Waals surface area contributed by atoms with E-state index in [-0.39, 0.29) is 0 Å². The quantitative estimate of drug-likeness (QED) is 0.232. The van der Waals surface area contributed by atoms with E-state index in [0.29, 0.717) is 0 Å². The number of benzene rings is 1. The molecule has 2 aromatic heterocycles. The second kappa shape index (κ2) is 20.5. The molecule has 0 atom stereocenters. The first kappa shape index (κ1) is 32.1. The minimum absolute atomic E-state index is 0.757. The summed E-state index contributed by atoms with van der Waals surface area (Å²) in [4.78, 5) is 9.93. The normalized spacial score (nSPS) is 10.1.